The van der Waals surface area contributed by atoms with Crippen molar-refractivity contribution in [3.8, 4) is 0 Å². The normalized spacial score (nSPS) is 17.1. The zero-order valence-corrected chi connectivity index (χ0v) is 16.7. The molecule has 5 rings (SSSR count). The Hall–Kier alpha value is -3.06. The summed E-state index contributed by atoms with van der Waals surface area (Å²) in [6, 6.07) is 18.4. The quantitative estimate of drug-likeness (QED) is 0.718. The van der Waals surface area contributed by atoms with Crippen molar-refractivity contribution >= 4 is 43.8 Å². The monoisotopic (exact) mass is 407 g/mol. The van der Waals surface area contributed by atoms with Crippen LogP contribution in [0.2, 0.25) is 0 Å². The van der Waals surface area contributed by atoms with Gasteiger partial charge in [-0.25, -0.2) is 8.42 Å². The molecule has 0 bridgehead atoms. The lowest BCUT2D eigenvalue weighted by atomic mass is 10.1. The summed E-state index contributed by atoms with van der Waals surface area (Å²) < 4.78 is 27.2. The number of amides is 1. The second kappa shape index (κ2) is 6.77. The summed E-state index contributed by atoms with van der Waals surface area (Å²) in [5.74, 6) is -0.364. The number of carbonyl (C=O) groups excluding carboxylic acids is 1. The highest BCUT2D eigenvalue weighted by Gasteiger charge is 2.36. The molecular formula is C22H21N3O3S. The maximum Gasteiger partial charge on any atom is 0.265 e. The molecule has 2 aliphatic heterocycles. The molecule has 0 saturated carbocycles. The summed E-state index contributed by atoms with van der Waals surface area (Å²) in [5, 5.41) is 4.39. The first-order valence-electron chi connectivity index (χ1n) is 9.73. The molecule has 0 aliphatic carbocycles. The third-order valence-corrected chi connectivity index (χ3v) is 7.37. The lowest BCUT2D eigenvalue weighted by Gasteiger charge is -2.20. The number of rotatable bonds is 4. The zero-order valence-electron chi connectivity index (χ0n) is 15.8. The molecule has 3 aromatic rings. The average molecular weight is 407 g/mol. The average Bonchev–Trinajstić information content (AvgIpc) is 3.32. The second-order valence-electron chi connectivity index (χ2n) is 7.44. The van der Waals surface area contributed by atoms with E-state index in [1.807, 2.05) is 42.5 Å². The Balaban J connectivity index is 1.39. The van der Waals surface area contributed by atoms with E-state index in [0.717, 1.165) is 24.2 Å². The SMILES string of the molecule is O=C(CN1c2cccc3cccc(c23)S1(=O)=O)Nc1cccc(N2CCCC2)c1. The highest BCUT2D eigenvalue weighted by atomic mass is 32.2. The van der Waals surface area contributed by atoms with E-state index >= 15 is 0 Å². The fourth-order valence-electron chi connectivity index (χ4n) is 4.22. The smallest absolute Gasteiger partial charge is 0.265 e. The van der Waals surface area contributed by atoms with Gasteiger partial charge in [0.25, 0.3) is 10.0 Å². The van der Waals surface area contributed by atoms with Gasteiger partial charge in [-0.15, -0.1) is 0 Å². The van der Waals surface area contributed by atoms with Gasteiger partial charge in [-0.1, -0.05) is 30.3 Å². The molecule has 29 heavy (non-hydrogen) atoms. The second-order valence-corrected chi connectivity index (χ2v) is 9.27. The summed E-state index contributed by atoms with van der Waals surface area (Å²) in [5.41, 5.74) is 2.30. The first-order chi connectivity index (χ1) is 14.0. The van der Waals surface area contributed by atoms with Gasteiger partial charge in [0.1, 0.15) is 6.54 Å². The van der Waals surface area contributed by atoms with Crippen molar-refractivity contribution < 1.29 is 13.2 Å². The molecule has 0 unspecified atom stereocenters. The summed E-state index contributed by atoms with van der Waals surface area (Å²) in [4.78, 5) is 15.3. The van der Waals surface area contributed by atoms with Gasteiger partial charge in [0, 0.05) is 29.9 Å². The van der Waals surface area contributed by atoms with Crippen molar-refractivity contribution in [2.45, 2.75) is 17.7 Å². The highest BCUT2D eigenvalue weighted by molar-refractivity contribution is 7.93. The molecule has 2 aliphatic rings. The maximum absolute atomic E-state index is 13.0. The van der Waals surface area contributed by atoms with Crippen LogP contribution in [-0.4, -0.2) is 34.0 Å². The Morgan fingerprint density at radius 2 is 1.69 bits per heavy atom. The molecule has 2 heterocycles. The van der Waals surface area contributed by atoms with Crippen molar-refractivity contribution in [3.63, 3.8) is 0 Å². The minimum absolute atomic E-state index is 0.259. The van der Waals surface area contributed by atoms with E-state index in [1.54, 1.807) is 18.2 Å². The van der Waals surface area contributed by atoms with Crippen LogP contribution in [0.3, 0.4) is 0 Å². The van der Waals surface area contributed by atoms with Crippen molar-refractivity contribution in [2.75, 3.05) is 34.2 Å². The fraction of sp³-hybridized carbons (Fsp3) is 0.227. The molecule has 7 heteroatoms. The van der Waals surface area contributed by atoms with E-state index in [1.165, 1.54) is 17.1 Å². The minimum Gasteiger partial charge on any atom is -0.371 e. The molecule has 3 aromatic carbocycles. The topological polar surface area (TPSA) is 69.7 Å². The molecule has 6 nitrogen and oxygen atoms in total. The van der Waals surface area contributed by atoms with Crippen LogP contribution in [-0.2, 0) is 14.8 Å². The zero-order chi connectivity index (χ0) is 20.0. The van der Waals surface area contributed by atoms with Gasteiger partial charge in [0.15, 0.2) is 0 Å². The number of nitrogens with one attached hydrogen (secondary N) is 1. The number of nitrogens with zero attached hydrogens (tertiary/aromatic N) is 2. The van der Waals surface area contributed by atoms with Gasteiger partial charge in [0.05, 0.1) is 10.6 Å². The minimum atomic E-state index is -3.74. The predicted octanol–water partition coefficient (Wildman–Crippen LogP) is 3.59. The van der Waals surface area contributed by atoms with Crippen molar-refractivity contribution in [1.82, 2.24) is 0 Å². The Kier molecular flexibility index (Phi) is 4.20. The van der Waals surface area contributed by atoms with E-state index in [2.05, 4.69) is 10.2 Å². The number of anilines is 3. The van der Waals surface area contributed by atoms with E-state index < -0.39 is 10.0 Å². The molecule has 0 atom stereocenters. The lowest BCUT2D eigenvalue weighted by Crippen LogP contribution is -2.35. The molecule has 1 fully saturated rings. The van der Waals surface area contributed by atoms with E-state index in [0.29, 0.717) is 16.8 Å². The molecule has 0 spiro atoms. The number of hydrogen-bond donors (Lipinski definition) is 1. The third-order valence-electron chi connectivity index (χ3n) is 5.57. The largest absolute Gasteiger partial charge is 0.371 e. The fourth-order valence-corrected chi connectivity index (χ4v) is 5.88. The van der Waals surface area contributed by atoms with Crippen LogP contribution >= 0.6 is 0 Å². The number of benzene rings is 3. The summed E-state index contributed by atoms with van der Waals surface area (Å²) >= 11 is 0. The summed E-state index contributed by atoms with van der Waals surface area (Å²) in [7, 11) is -3.74. The van der Waals surface area contributed by atoms with Gasteiger partial charge in [0.2, 0.25) is 5.91 Å². The first-order valence-corrected chi connectivity index (χ1v) is 11.2. The van der Waals surface area contributed by atoms with Gasteiger partial charge in [-0.2, -0.15) is 0 Å². The Morgan fingerprint density at radius 3 is 2.48 bits per heavy atom. The van der Waals surface area contributed by atoms with Crippen LogP contribution in [0.15, 0.2) is 65.6 Å². The predicted molar refractivity (Wildman–Crippen MR) is 115 cm³/mol. The van der Waals surface area contributed by atoms with E-state index in [4.69, 9.17) is 0 Å². The van der Waals surface area contributed by atoms with Crippen molar-refractivity contribution in [2.24, 2.45) is 0 Å². The first kappa shape index (κ1) is 18.0. The highest BCUT2D eigenvalue weighted by Crippen LogP contribution is 2.41. The number of sulfonamides is 1. The van der Waals surface area contributed by atoms with Crippen LogP contribution in [0.5, 0.6) is 0 Å². The lowest BCUT2D eigenvalue weighted by molar-refractivity contribution is -0.114. The summed E-state index contributed by atoms with van der Waals surface area (Å²) in [6.45, 7) is 1.78. The summed E-state index contributed by atoms with van der Waals surface area (Å²) in [6.07, 6.45) is 2.35. The van der Waals surface area contributed by atoms with Crippen LogP contribution in [0.4, 0.5) is 17.1 Å². The molecular weight excluding hydrogens is 386 g/mol. The number of hydrogen-bond acceptors (Lipinski definition) is 4. The molecule has 0 aromatic heterocycles. The standard InChI is InChI=1S/C22H21N3O3S/c26-21(23-17-8-5-9-18(14-17)24-12-1-2-13-24)15-25-19-10-3-6-16-7-4-11-20(22(16)19)29(25,27)28/h3-11,14H,1-2,12-13,15H2,(H,23,26). The molecule has 1 saturated heterocycles. The van der Waals surface area contributed by atoms with Crippen LogP contribution in [0.1, 0.15) is 12.8 Å². The van der Waals surface area contributed by atoms with Gasteiger partial charge >= 0.3 is 0 Å². The Bertz CT molecular complexity index is 1210. The van der Waals surface area contributed by atoms with Gasteiger partial charge in [-0.05, 0) is 48.6 Å². The van der Waals surface area contributed by atoms with Crippen molar-refractivity contribution in [3.05, 3.63) is 60.7 Å². The molecule has 1 N–H and O–H groups in total. The maximum atomic E-state index is 13.0. The molecule has 1 amide bonds. The molecule has 0 radical (unpaired) electrons. The van der Waals surface area contributed by atoms with Gasteiger partial charge < -0.3 is 10.2 Å². The Morgan fingerprint density at radius 1 is 0.966 bits per heavy atom. The Labute approximate surface area is 169 Å². The van der Waals surface area contributed by atoms with Crippen LogP contribution < -0.4 is 14.5 Å². The van der Waals surface area contributed by atoms with Crippen LogP contribution in [0.25, 0.3) is 10.8 Å². The van der Waals surface area contributed by atoms with Gasteiger partial charge in [-0.3, -0.25) is 9.10 Å². The molecule has 148 valence electrons. The van der Waals surface area contributed by atoms with Crippen molar-refractivity contribution in [1.29, 1.82) is 0 Å². The third kappa shape index (κ3) is 3.02. The van der Waals surface area contributed by atoms with E-state index in [-0.39, 0.29) is 17.3 Å². The number of carbonyl (C=O) groups is 1. The van der Waals surface area contributed by atoms with Crippen LogP contribution in [0, 0.1) is 0 Å². The van der Waals surface area contributed by atoms with E-state index in [9.17, 15) is 13.2 Å².